The van der Waals surface area contributed by atoms with Gasteiger partial charge in [0.2, 0.25) is 0 Å². The molecule has 0 aromatic heterocycles. The van der Waals surface area contributed by atoms with Crippen LogP contribution in [0.15, 0.2) is 29.3 Å². The Morgan fingerprint density at radius 3 is 2.41 bits per heavy atom. The molecule has 3 rings (SSSR count). The molecule has 178 valence electrons. The van der Waals surface area contributed by atoms with Gasteiger partial charge in [-0.3, -0.25) is 4.79 Å². The average molecular weight is 445 g/mol. The lowest BCUT2D eigenvalue weighted by atomic mass is 10.1. The first-order valence-corrected chi connectivity index (χ1v) is 12.2. The second-order valence-corrected chi connectivity index (χ2v) is 8.62. The smallest absolute Gasteiger partial charge is 0.253 e. The Bertz CT molecular complexity index is 708. The Morgan fingerprint density at radius 1 is 1.03 bits per heavy atom. The topological polar surface area (TPSA) is 66.4 Å². The van der Waals surface area contributed by atoms with Gasteiger partial charge < -0.3 is 24.6 Å². The van der Waals surface area contributed by atoms with Crippen LogP contribution in [0.5, 0.6) is 0 Å². The third-order valence-corrected chi connectivity index (χ3v) is 6.18. The molecule has 1 aromatic rings. The number of aliphatic imine (C=N–C) groups is 1. The van der Waals surface area contributed by atoms with Crippen LogP contribution in [-0.2, 0) is 16.0 Å². The van der Waals surface area contributed by atoms with E-state index in [0.29, 0.717) is 12.6 Å². The zero-order chi connectivity index (χ0) is 22.6. The molecule has 0 saturated carbocycles. The number of hydrogen-bond donors (Lipinski definition) is 1. The number of amides is 1. The number of nitrogens with one attached hydrogen (secondary N) is 1. The van der Waals surface area contributed by atoms with Crippen molar-refractivity contribution in [2.45, 2.75) is 58.1 Å². The van der Waals surface area contributed by atoms with Crippen molar-refractivity contribution in [3.8, 4) is 0 Å². The second kappa shape index (κ2) is 13.4. The van der Waals surface area contributed by atoms with Crippen LogP contribution in [0.25, 0.3) is 0 Å². The number of guanidine groups is 1. The summed E-state index contributed by atoms with van der Waals surface area (Å²) in [7, 11) is 1.73. The van der Waals surface area contributed by atoms with Gasteiger partial charge >= 0.3 is 0 Å². The molecule has 0 aliphatic carbocycles. The molecule has 2 heterocycles. The highest BCUT2D eigenvalue weighted by molar-refractivity contribution is 5.94. The zero-order valence-electron chi connectivity index (χ0n) is 19.9. The van der Waals surface area contributed by atoms with Gasteiger partial charge in [0.05, 0.1) is 12.6 Å². The molecule has 1 N–H and O–H groups in total. The Hall–Kier alpha value is -2.12. The van der Waals surface area contributed by atoms with Crippen LogP contribution in [0.4, 0.5) is 0 Å². The molecule has 7 heteroatoms. The van der Waals surface area contributed by atoms with Gasteiger partial charge in [-0.05, 0) is 63.1 Å². The van der Waals surface area contributed by atoms with Gasteiger partial charge in [0.15, 0.2) is 5.96 Å². The highest BCUT2D eigenvalue weighted by atomic mass is 16.5. The molecule has 0 bridgehead atoms. The SMILES string of the molecule is CCNC(=NCc1ccc(C(=O)N2CCCCC2)cc1)N1CCC(OCCCOC)CC1. The summed E-state index contributed by atoms with van der Waals surface area (Å²) < 4.78 is 11.1. The molecule has 1 amide bonds. The molecule has 2 aliphatic heterocycles. The number of hydrogen-bond acceptors (Lipinski definition) is 4. The van der Waals surface area contributed by atoms with Gasteiger partial charge in [-0.15, -0.1) is 0 Å². The fourth-order valence-electron chi connectivity index (χ4n) is 4.31. The normalized spacial score (nSPS) is 18.1. The lowest BCUT2D eigenvalue weighted by Gasteiger charge is -2.34. The van der Waals surface area contributed by atoms with E-state index in [1.54, 1.807) is 7.11 Å². The van der Waals surface area contributed by atoms with Gasteiger partial charge in [-0.1, -0.05) is 12.1 Å². The van der Waals surface area contributed by atoms with Crippen molar-refractivity contribution >= 4 is 11.9 Å². The van der Waals surface area contributed by atoms with Gasteiger partial charge in [-0.2, -0.15) is 0 Å². The summed E-state index contributed by atoms with van der Waals surface area (Å²) in [5, 5.41) is 3.43. The minimum Gasteiger partial charge on any atom is -0.385 e. The van der Waals surface area contributed by atoms with Crippen molar-refractivity contribution < 1.29 is 14.3 Å². The van der Waals surface area contributed by atoms with Crippen molar-refractivity contribution in [2.75, 3.05) is 53.0 Å². The highest BCUT2D eigenvalue weighted by Gasteiger charge is 2.22. The molecular formula is C25H40N4O3. The largest absolute Gasteiger partial charge is 0.385 e. The first-order valence-electron chi connectivity index (χ1n) is 12.2. The maximum Gasteiger partial charge on any atom is 0.253 e. The lowest BCUT2D eigenvalue weighted by Crippen LogP contribution is -2.47. The Balaban J connectivity index is 1.50. The standard InChI is InChI=1S/C25H40N4O3/c1-3-26-25(29-16-12-23(13-17-29)32-19-7-18-31-2)27-20-21-8-10-22(11-9-21)24(30)28-14-5-4-6-15-28/h8-11,23H,3-7,12-20H2,1-2H3,(H,26,27). The summed E-state index contributed by atoms with van der Waals surface area (Å²) in [6.45, 7) is 8.73. The summed E-state index contributed by atoms with van der Waals surface area (Å²) in [5.74, 6) is 1.11. The van der Waals surface area contributed by atoms with Crippen LogP contribution in [0, 0.1) is 0 Å². The summed E-state index contributed by atoms with van der Waals surface area (Å²) >= 11 is 0. The van der Waals surface area contributed by atoms with E-state index in [1.807, 2.05) is 29.2 Å². The van der Waals surface area contributed by atoms with Crippen LogP contribution in [0.3, 0.4) is 0 Å². The minimum atomic E-state index is 0.153. The van der Waals surface area contributed by atoms with Crippen molar-refractivity contribution in [3.05, 3.63) is 35.4 Å². The number of carbonyl (C=O) groups excluding carboxylic acids is 1. The number of piperidine rings is 2. The molecule has 7 nitrogen and oxygen atoms in total. The summed E-state index contributed by atoms with van der Waals surface area (Å²) in [4.78, 5) is 21.8. The van der Waals surface area contributed by atoms with E-state index in [9.17, 15) is 4.79 Å². The first kappa shape index (κ1) is 24.5. The minimum absolute atomic E-state index is 0.153. The van der Waals surface area contributed by atoms with Crippen LogP contribution in [0.1, 0.15) is 61.4 Å². The molecule has 2 saturated heterocycles. The van der Waals surface area contributed by atoms with Crippen LogP contribution >= 0.6 is 0 Å². The first-order chi connectivity index (χ1) is 15.7. The summed E-state index contributed by atoms with van der Waals surface area (Å²) in [5.41, 5.74) is 1.89. The number of likely N-dealkylation sites (tertiary alicyclic amines) is 2. The number of methoxy groups -OCH3 is 1. The Labute approximate surface area is 193 Å². The number of nitrogens with zero attached hydrogens (tertiary/aromatic N) is 3. The lowest BCUT2D eigenvalue weighted by molar-refractivity contribution is 0.00990. The van der Waals surface area contributed by atoms with Gasteiger partial charge in [0.1, 0.15) is 0 Å². The predicted octanol–water partition coefficient (Wildman–Crippen LogP) is 3.30. The fraction of sp³-hybridized carbons (Fsp3) is 0.680. The maximum absolute atomic E-state index is 12.7. The molecule has 0 radical (unpaired) electrons. The quantitative estimate of drug-likeness (QED) is 0.360. The maximum atomic E-state index is 12.7. The monoisotopic (exact) mass is 444 g/mol. The van der Waals surface area contributed by atoms with Crippen LogP contribution in [-0.4, -0.2) is 80.8 Å². The molecule has 2 aliphatic rings. The van der Waals surface area contributed by atoms with E-state index in [1.165, 1.54) is 6.42 Å². The molecule has 1 aromatic carbocycles. The van der Waals surface area contributed by atoms with Gasteiger partial charge in [0.25, 0.3) is 5.91 Å². The van der Waals surface area contributed by atoms with Crippen LogP contribution < -0.4 is 5.32 Å². The van der Waals surface area contributed by atoms with Crippen molar-refractivity contribution in [2.24, 2.45) is 4.99 Å². The number of ether oxygens (including phenoxy) is 2. The Kier molecular flexibility index (Phi) is 10.3. The molecular weight excluding hydrogens is 404 g/mol. The molecule has 32 heavy (non-hydrogen) atoms. The van der Waals surface area contributed by atoms with Crippen molar-refractivity contribution in [3.63, 3.8) is 0 Å². The van der Waals surface area contributed by atoms with E-state index < -0.39 is 0 Å². The third kappa shape index (κ3) is 7.48. The average Bonchev–Trinajstić information content (AvgIpc) is 2.85. The predicted molar refractivity (Wildman–Crippen MR) is 128 cm³/mol. The summed E-state index contributed by atoms with van der Waals surface area (Å²) in [6.07, 6.45) is 6.77. The highest BCUT2D eigenvalue weighted by Crippen LogP contribution is 2.16. The number of benzene rings is 1. The van der Waals surface area contributed by atoms with Gasteiger partial charge in [-0.25, -0.2) is 4.99 Å². The molecule has 0 atom stereocenters. The Morgan fingerprint density at radius 2 is 1.75 bits per heavy atom. The third-order valence-electron chi connectivity index (χ3n) is 6.18. The molecule has 0 unspecified atom stereocenters. The van der Waals surface area contributed by atoms with Crippen molar-refractivity contribution in [1.29, 1.82) is 0 Å². The zero-order valence-corrected chi connectivity index (χ0v) is 19.9. The van der Waals surface area contributed by atoms with E-state index in [0.717, 1.165) is 95.1 Å². The van der Waals surface area contributed by atoms with E-state index >= 15 is 0 Å². The van der Waals surface area contributed by atoms with Crippen LogP contribution in [0.2, 0.25) is 0 Å². The summed E-state index contributed by atoms with van der Waals surface area (Å²) in [6, 6.07) is 7.96. The number of carbonyl (C=O) groups is 1. The second-order valence-electron chi connectivity index (χ2n) is 8.62. The molecule has 2 fully saturated rings. The molecule has 0 spiro atoms. The van der Waals surface area contributed by atoms with E-state index in [2.05, 4.69) is 17.1 Å². The number of rotatable bonds is 9. The van der Waals surface area contributed by atoms with Crippen molar-refractivity contribution in [1.82, 2.24) is 15.1 Å². The van der Waals surface area contributed by atoms with Gasteiger partial charge in [0, 0.05) is 58.6 Å². The van der Waals surface area contributed by atoms with E-state index in [4.69, 9.17) is 14.5 Å². The fourth-order valence-corrected chi connectivity index (χ4v) is 4.31. The van der Waals surface area contributed by atoms with E-state index in [-0.39, 0.29) is 5.91 Å².